The van der Waals surface area contributed by atoms with E-state index in [0.29, 0.717) is 12.3 Å². The third-order valence-electron chi connectivity index (χ3n) is 3.25. The van der Waals surface area contributed by atoms with Crippen LogP contribution in [-0.4, -0.2) is 9.55 Å². The van der Waals surface area contributed by atoms with Crippen molar-refractivity contribution in [3.63, 3.8) is 0 Å². The number of benzene rings is 1. The summed E-state index contributed by atoms with van der Waals surface area (Å²) < 4.78 is 2.17. The molecular weight excluding hydrogens is 222 g/mol. The average Bonchev–Trinajstić information content (AvgIpc) is 2.67. The van der Waals surface area contributed by atoms with E-state index in [1.165, 1.54) is 11.1 Å². The first-order valence-corrected chi connectivity index (χ1v) is 6.45. The lowest BCUT2D eigenvalue weighted by molar-refractivity contribution is 0.722. The highest BCUT2D eigenvalue weighted by atomic mass is 15.1. The van der Waals surface area contributed by atoms with Gasteiger partial charge in [0.15, 0.2) is 0 Å². The minimum Gasteiger partial charge on any atom is -0.331 e. The molecule has 3 heteroatoms. The second-order valence-electron chi connectivity index (χ2n) is 5.02. The zero-order chi connectivity index (χ0) is 13.1. The molecule has 2 rings (SSSR count). The van der Waals surface area contributed by atoms with Crippen molar-refractivity contribution >= 4 is 11.0 Å². The molecule has 0 saturated carbocycles. The van der Waals surface area contributed by atoms with Crippen molar-refractivity contribution in [2.45, 2.75) is 39.0 Å². The highest BCUT2D eigenvalue weighted by molar-refractivity contribution is 5.77. The van der Waals surface area contributed by atoms with E-state index in [4.69, 9.17) is 10.2 Å². The summed E-state index contributed by atoms with van der Waals surface area (Å²) in [6.07, 6.45) is 2.50. The number of aromatic nitrogens is 2. The predicted molar refractivity (Wildman–Crippen MR) is 73.4 cm³/mol. The van der Waals surface area contributed by atoms with Crippen LogP contribution in [0.3, 0.4) is 0 Å². The van der Waals surface area contributed by atoms with Crippen LogP contribution in [0.1, 0.15) is 44.0 Å². The molecule has 0 spiro atoms. The molecule has 94 valence electrons. The van der Waals surface area contributed by atoms with Gasteiger partial charge in [-0.05, 0) is 30.5 Å². The van der Waals surface area contributed by atoms with E-state index in [2.05, 4.69) is 49.7 Å². The molecule has 1 aromatic carbocycles. The fraction of sp³-hybridized carbons (Fsp3) is 0.467. The third-order valence-corrected chi connectivity index (χ3v) is 3.25. The molecular formula is C15H19N3. The van der Waals surface area contributed by atoms with Gasteiger partial charge in [0.1, 0.15) is 5.82 Å². The van der Waals surface area contributed by atoms with Gasteiger partial charge < -0.3 is 4.57 Å². The van der Waals surface area contributed by atoms with Crippen LogP contribution in [0.5, 0.6) is 0 Å². The Morgan fingerprint density at radius 1 is 1.39 bits per heavy atom. The van der Waals surface area contributed by atoms with Crippen LogP contribution in [0, 0.1) is 11.3 Å². The van der Waals surface area contributed by atoms with Crippen LogP contribution in [0.2, 0.25) is 0 Å². The summed E-state index contributed by atoms with van der Waals surface area (Å²) in [6, 6.07) is 8.61. The van der Waals surface area contributed by atoms with Crippen molar-refractivity contribution in [1.29, 1.82) is 5.26 Å². The molecule has 2 aromatic rings. The number of nitriles is 1. The van der Waals surface area contributed by atoms with Gasteiger partial charge in [-0.3, -0.25) is 0 Å². The molecule has 1 aromatic heterocycles. The van der Waals surface area contributed by atoms with Gasteiger partial charge in [-0.15, -0.1) is 0 Å². The number of nitrogens with zero attached hydrogens (tertiary/aromatic N) is 3. The maximum atomic E-state index is 8.55. The predicted octanol–water partition coefficient (Wildman–Crippen LogP) is 3.54. The number of imidazole rings is 1. The number of hydrogen-bond donors (Lipinski definition) is 0. The topological polar surface area (TPSA) is 41.6 Å². The van der Waals surface area contributed by atoms with Crippen molar-refractivity contribution in [3.05, 3.63) is 29.6 Å². The highest BCUT2D eigenvalue weighted by Crippen LogP contribution is 2.22. The Hall–Kier alpha value is -1.82. The molecule has 0 saturated heterocycles. The Kier molecular flexibility index (Phi) is 3.66. The Morgan fingerprint density at radius 2 is 2.17 bits per heavy atom. The Labute approximate surface area is 108 Å². The van der Waals surface area contributed by atoms with Crippen molar-refractivity contribution in [2.24, 2.45) is 7.05 Å². The molecule has 1 heterocycles. The van der Waals surface area contributed by atoms with Crippen LogP contribution in [0.4, 0.5) is 0 Å². The van der Waals surface area contributed by atoms with Gasteiger partial charge in [-0.1, -0.05) is 19.9 Å². The van der Waals surface area contributed by atoms with Crippen LogP contribution < -0.4 is 0 Å². The number of unbranched alkanes of at least 4 members (excludes halogenated alkanes) is 1. The average molecular weight is 241 g/mol. The van der Waals surface area contributed by atoms with Crippen molar-refractivity contribution in [2.75, 3.05) is 0 Å². The minimum absolute atomic E-state index is 0.435. The zero-order valence-electron chi connectivity index (χ0n) is 11.3. The van der Waals surface area contributed by atoms with Crippen molar-refractivity contribution < 1.29 is 0 Å². The van der Waals surface area contributed by atoms with Gasteiger partial charge in [0.25, 0.3) is 0 Å². The number of aryl methyl sites for hydroxylation is 2. The number of rotatable bonds is 4. The quantitative estimate of drug-likeness (QED) is 0.768. The maximum absolute atomic E-state index is 8.55. The largest absolute Gasteiger partial charge is 0.331 e. The van der Waals surface area contributed by atoms with Gasteiger partial charge >= 0.3 is 0 Å². The molecule has 0 aliphatic carbocycles. The summed E-state index contributed by atoms with van der Waals surface area (Å²) >= 11 is 0. The van der Waals surface area contributed by atoms with E-state index in [-0.39, 0.29) is 0 Å². The van der Waals surface area contributed by atoms with Crippen molar-refractivity contribution in [1.82, 2.24) is 9.55 Å². The second-order valence-corrected chi connectivity index (χ2v) is 5.02. The summed E-state index contributed by atoms with van der Waals surface area (Å²) in [5.41, 5.74) is 3.52. The molecule has 18 heavy (non-hydrogen) atoms. The molecule has 0 amide bonds. The van der Waals surface area contributed by atoms with E-state index in [1.807, 2.05) is 0 Å². The second kappa shape index (κ2) is 5.22. The van der Waals surface area contributed by atoms with Gasteiger partial charge in [-0.2, -0.15) is 5.26 Å². The molecule has 0 aliphatic rings. The lowest BCUT2D eigenvalue weighted by Crippen LogP contribution is -1.99. The number of fused-ring (bicyclic) bond motifs is 1. The first kappa shape index (κ1) is 12.6. The standard InChI is InChI=1S/C15H19N3/c1-11(2)15-17-13-10-12(6-4-5-9-16)7-8-14(13)18(15)3/h7-8,10-11H,4-6H2,1-3H3. The van der Waals surface area contributed by atoms with Gasteiger partial charge in [0.05, 0.1) is 17.1 Å². The normalized spacial score (nSPS) is 11.1. The monoisotopic (exact) mass is 241 g/mol. The third kappa shape index (κ3) is 2.38. The lowest BCUT2D eigenvalue weighted by atomic mass is 10.1. The molecule has 3 nitrogen and oxygen atoms in total. The molecule has 0 N–H and O–H groups in total. The SMILES string of the molecule is CC(C)c1nc2cc(CCCC#N)ccc2n1C. The van der Waals surface area contributed by atoms with E-state index in [1.54, 1.807) is 0 Å². The fourth-order valence-corrected chi connectivity index (χ4v) is 2.31. The van der Waals surface area contributed by atoms with Crippen LogP contribution >= 0.6 is 0 Å². The summed E-state index contributed by atoms with van der Waals surface area (Å²) in [6.45, 7) is 4.32. The molecule has 0 radical (unpaired) electrons. The fourth-order valence-electron chi connectivity index (χ4n) is 2.31. The smallest absolute Gasteiger partial charge is 0.112 e. The van der Waals surface area contributed by atoms with Gasteiger partial charge in [0, 0.05) is 19.4 Å². The molecule has 0 fully saturated rings. The van der Waals surface area contributed by atoms with Crippen LogP contribution in [0.15, 0.2) is 18.2 Å². The highest BCUT2D eigenvalue weighted by Gasteiger charge is 2.10. The molecule has 0 atom stereocenters. The van der Waals surface area contributed by atoms with Crippen LogP contribution in [-0.2, 0) is 13.5 Å². The molecule has 0 unspecified atom stereocenters. The Bertz CT molecular complexity index is 588. The first-order chi connectivity index (χ1) is 8.63. The summed E-state index contributed by atoms with van der Waals surface area (Å²) in [7, 11) is 2.07. The van der Waals surface area contributed by atoms with Gasteiger partial charge in [0.2, 0.25) is 0 Å². The summed E-state index contributed by atoms with van der Waals surface area (Å²) in [5.74, 6) is 1.56. The first-order valence-electron chi connectivity index (χ1n) is 6.45. The van der Waals surface area contributed by atoms with E-state index >= 15 is 0 Å². The Balaban J connectivity index is 2.32. The zero-order valence-corrected chi connectivity index (χ0v) is 11.3. The number of hydrogen-bond acceptors (Lipinski definition) is 2. The minimum atomic E-state index is 0.435. The maximum Gasteiger partial charge on any atom is 0.112 e. The van der Waals surface area contributed by atoms with Crippen LogP contribution in [0.25, 0.3) is 11.0 Å². The summed E-state index contributed by atoms with van der Waals surface area (Å²) in [4.78, 5) is 4.70. The van der Waals surface area contributed by atoms with E-state index in [0.717, 1.165) is 24.2 Å². The molecule has 0 bridgehead atoms. The van der Waals surface area contributed by atoms with E-state index in [9.17, 15) is 0 Å². The van der Waals surface area contributed by atoms with Crippen molar-refractivity contribution in [3.8, 4) is 6.07 Å². The van der Waals surface area contributed by atoms with E-state index < -0.39 is 0 Å². The summed E-state index contributed by atoms with van der Waals surface area (Å²) in [5, 5.41) is 8.55. The van der Waals surface area contributed by atoms with Gasteiger partial charge in [-0.25, -0.2) is 4.98 Å². The lowest BCUT2D eigenvalue weighted by Gasteiger charge is -2.04. The molecule has 0 aliphatic heterocycles. The Morgan fingerprint density at radius 3 is 2.83 bits per heavy atom.